The summed E-state index contributed by atoms with van der Waals surface area (Å²) in [5, 5.41) is 9.57. The summed E-state index contributed by atoms with van der Waals surface area (Å²) in [7, 11) is 0. The Morgan fingerprint density at radius 1 is 1.14 bits per heavy atom. The minimum atomic E-state index is -0.410. The third-order valence-corrected chi connectivity index (χ3v) is 4.63. The minimum absolute atomic E-state index is 0.218. The highest BCUT2D eigenvalue weighted by Gasteiger charge is 2.44. The van der Waals surface area contributed by atoms with E-state index >= 15 is 0 Å². The van der Waals surface area contributed by atoms with E-state index in [1.807, 2.05) is 18.2 Å². The number of ether oxygens (including phenoxy) is 3. The predicted octanol–water partition coefficient (Wildman–Crippen LogP) is 2.35. The molecule has 1 aliphatic carbocycles. The highest BCUT2D eigenvalue weighted by atomic mass is 16.7. The van der Waals surface area contributed by atoms with Gasteiger partial charge in [0.2, 0.25) is 0 Å². The van der Waals surface area contributed by atoms with Crippen molar-refractivity contribution >= 4 is 0 Å². The van der Waals surface area contributed by atoms with E-state index < -0.39 is 5.79 Å². The van der Waals surface area contributed by atoms with Crippen molar-refractivity contribution in [3.05, 3.63) is 35.9 Å². The lowest BCUT2D eigenvalue weighted by Gasteiger charge is -2.40. The van der Waals surface area contributed by atoms with E-state index in [1.165, 1.54) is 5.56 Å². The molecule has 3 rings (SSSR count). The second kappa shape index (κ2) is 6.88. The summed E-state index contributed by atoms with van der Waals surface area (Å²) in [5.41, 5.74) is 1.18. The fraction of sp³-hybridized carbons (Fsp3) is 0.647. The van der Waals surface area contributed by atoms with Crippen LogP contribution in [0.4, 0.5) is 0 Å². The summed E-state index contributed by atoms with van der Waals surface area (Å²) in [6.45, 7) is 2.84. The molecule has 1 aromatic carbocycles. The quantitative estimate of drug-likeness (QED) is 0.905. The fourth-order valence-electron chi connectivity index (χ4n) is 3.41. The molecule has 4 nitrogen and oxygen atoms in total. The first kappa shape index (κ1) is 15.0. The summed E-state index contributed by atoms with van der Waals surface area (Å²) in [5.74, 6) is 0.177. The van der Waals surface area contributed by atoms with E-state index in [0.717, 1.165) is 19.3 Å². The molecule has 0 amide bonds. The Kier molecular flexibility index (Phi) is 4.91. The lowest BCUT2D eigenvalue weighted by atomic mass is 9.77. The number of hydrogen-bond donors (Lipinski definition) is 1. The lowest BCUT2D eigenvalue weighted by molar-refractivity contribution is -0.202. The molecule has 0 bridgehead atoms. The van der Waals surface area contributed by atoms with Crippen LogP contribution in [-0.4, -0.2) is 37.3 Å². The predicted molar refractivity (Wildman–Crippen MR) is 78.6 cm³/mol. The molecule has 1 aliphatic heterocycles. The van der Waals surface area contributed by atoms with Crippen molar-refractivity contribution in [1.82, 2.24) is 0 Å². The Balaban J connectivity index is 1.53. The maximum atomic E-state index is 9.57. The van der Waals surface area contributed by atoms with Gasteiger partial charge in [-0.05, 0) is 23.8 Å². The smallest absolute Gasteiger partial charge is 0.168 e. The van der Waals surface area contributed by atoms with Gasteiger partial charge in [0.15, 0.2) is 5.79 Å². The van der Waals surface area contributed by atoms with Gasteiger partial charge in [0, 0.05) is 19.4 Å². The third-order valence-electron chi connectivity index (χ3n) is 4.63. The van der Waals surface area contributed by atoms with E-state index in [4.69, 9.17) is 14.2 Å². The molecule has 0 unspecified atom stereocenters. The molecule has 2 fully saturated rings. The number of hydrogen-bond acceptors (Lipinski definition) is 4. The van der Waals surface area contributed by atoms with Crippen molar-refractivity contribution in [3.8, 4) is 0 Å². The summed E-state index contributed by atoms with van der Waals surface area (Å²) >= 11 is 0. The Labute approximate surface area is 126 Å². The zero-order valence-corrected chi connectivity index (χ0v) is 12.4. The maximum absolute atomic E-state index is 9.57. The normalized spacial score (nSPS) is 28.0. The van der Waals surface area contributed by atoms with Gasteiger partial charge in [-0.1, -0.05) is 30.3 Å². The van der Waals surface area contributed by atoms with Crippen molar-refractivity contribution in [2.24, 2.45) is 11.8 Å². The summed E-state index contributed by atoms with van der Waals surface area (Å²) in [4.78, 5) is 0. The van der Waals surface area contributed by atoms with Gasteiger partial charge < -0.3 is 19.3 Å². The van der Waals surface area contributed by atoms with Crippen LogP contribution in [0.1, 0.15) is 24.8 Å². The highest BCUT2D eigenvalue weighted by molar-refractivity contribution is 5.13. The average Bonchev–Trinajstić information content (AvgIpc) is 2.97. The minimum Gasteiger partial charge on any atom is -0.396 e. The molecule has 1 spiro atoms. The second-order valence-electron chi connectivity index (χ2n) is 6.05. The molecule has 1 N–H and O–H groups in total. The van der Waals surface area contributed by atoms with E-state index in [9.17, 15) is 5.11 Å². The van der Waals surface area contributed by atoms with Crippen molar-refractivity contribution in [2.75, 3.05) is 26.4 Å². The topological polar surface area (TPSA) is 47.9 Å². The first-order valence-corrected chi connectivity index (χ1v) is 7.82. The summed E-state index contributed by atoms with van der Waals surface area (Å²) < 4.78 is 17.5. The molecule has 2 atom stereocenters. The Bertz CT molecular complexity index is 428. The van der Waals surface area contributed by atoms with Crippen LogP contribution in [0, 0.1) is 11.8 Å². The largest absolute Gasteiger partial charge is 0.396 e. The summed E-state index contributed by atoms with van der Waals surface area (Å²) in [6.07, 6.45) is 2.65. The van der Waals surface area contributed by atoms with E-state index in [2.05, 4.69) is 12.1 Å². The van der Waals surface area contributed by atoms with Gasteiger partial charge in [-0.25, -0.2) is 0 Å². The zero-order valence-electron chi connectivity index (χ0n) is 12.4. The average molecular weight is 292 g/mol. The number of aliphatic hydroxyl groups excluding tert-OH is 1. The third kappa shape index (κ3) is 3.64. The van der Waals surface area contributed by atoms with Gasteiger partial charge in [-0.3, -0.25) is 0 Å². The van der Waals surface area contributed by atoms with E-state index in [1.54, 1.807) is 0 Å². The van der Waals surface area contributed by atoms with Crippen LogP contribution in [0.2, 0.25) is 0 Å². The molecular formula is C17H24O4. The van der Waals surface area contributed by atoms with Crippen LogP contribution >= 0.6 is 0 Å². The first-order chi connectivity index (χ1) is 10.3. The van der Waals surface area contributed by atoms with Gasteiger partial charge >= 0.3 is 0 Å². The number of rotatable bonds is 5. The Morgan fingerprint density at radius 2 is 1.90 bits per heavy atom. The lowest BCUT2D eigenvalue weighted by Crippen LogP contribution is -2.42. The Morgan fingerprint density at radius 3 is 2.62 bits per heavy atom. The molecule has 116 valence electrons. The second-order valence-corrected chi connectivity index (χ2v) is 6.05. The molecule has 0 aromatic heterocycles. The molecule has 2 aliphatic rings. The molecule has 21 heavy (non-hydrogen) atoms. The van der Waals surface area contributed by atoms with Gasteiger partial charge in [0.25, 0.3) is 0 Å². The molecular weight excluding hydrogens is 268 g/mol. The zero-order chi connectivity index (χ0) is 14.5. The molecule has 1 saturated heterocycles. The van der Waals surface area contributed by atoms with Crippen molar-refractivity contribution in [3.63, 3.8) is 0 Å². The molecule has 4 heteroatoms. The molecule has 0 radical (unpaired) electrons. The van der Waals surface area contributed by atoms with Crippen LogP contribution in [0.3, 0.4) is 0 Å². The first-order valence-electron chi connectivity index (χ1n) is 7.82. The number of aliphatic hydroxyl groups is 1. The van der Waals surface area contributed by atoms with Crippen molar-refractivity contribution < 1.29 is 19.3 Å². The SMILES string of the molecule is OC[C@@H]1CCC2(C[C@@H]1COCc1ccccc1)OCCO2. The monoisotopic (exact) mass is 292 g/mol. The van der Waals surface area contributed by atoms with Gasteiger partial charge in [0.1, 0.15) is 0 Å². The van der Waals surface area contributed by atoms with Gasteiger partial charge in [-0.15, -0.1) is 0 Å². The molecule has 1 saturated carbocycles. The van der Waals surface area contributed by atoms with Gasteiger partial charge in [-0.2, -0.15) is 0 Å². The Hall–Kier alpha value is -0.940. The fourth-order valence-corrected chi connectivity index (χ4v) is 3.41. The van der Waals surface area contributed by atoms with Gasteiger partial charge in [0.05, 0.1) is 26.4 Å². The van der Waals surface area contributed by atoms with Crippen LogP contribution in [0.5, 0.6) is 0 Å². The van der Waals surface area contributed by atoms with E-state index in [0.29, 0.717) is 38.3 Å². The van der Waals surface area contributed by atoms with Crippen molar-refractivity contribution in [1.29, 1.82) is 0 Å². The molecule has 1 aromatic rings. The molecule has 1 heterocycles. The number of benzene rings is 1. The maximum Gasteiger partial charge on any atom is 0.168 e. The van der Waals surface area contributed by atoms with Crippen LogP contribution in [0.25, 0.3) is 0 Å². The highest BCUT2D eigenvalue weighted by Crippen LogP contribution is 2.41. The van der Waals surface area contributed by atoms with Crippen LogP contribution in [0.15, 0.2) is 30.3 Å². The standard InChI is InChI=1S/C17H24O4/c18-11-15-6-7-17(20-8-9-21-17)10-16(15)13-19-12-14-4-2-1-3-5-14/h1-5,15-16,18H,6-13H2/t15-,16+/m0/s1. The van der Waals surface area contributed by atoms with E-state index in [-0.39, 0.29) is 6.61 Å². The van der Waals surface area contributed by atoms with Crippen LogP contribution < -0.4 is 0 Å². The summed E-state index contributed by atoms with van der Waals surface area (Å²) in [6, 6.07) is 10.2. The van der Waals surface area contributed by atoms with Crippen molar-refractivity contribution in [2.45, 2.75) is 31.7 Å². The van der Waals surface area contributed by atoms with Crippen LogP contribution in [-0.2, 0) is 20.8 Å².